The van der Waals surface area contributed by atoms with Crippen LogP contribution in [0.25, 0.3) is 0 Å². The van der Waals surface area contributed by atoms with Gasteiger partial charge in [-0.3, -0.25) is 0 Å². The van der Waals surface area contributed by atoms with Crippen LogP contribution in [0.3, 0.4) is 0 Å². The van der Waals surface area contributed by atoms with Crippen LogP contribution >= 0.6 is 15.9 Å². The molecular formula is C16H21BrO3. The summed E-state index contributed by atoms with van der Waals surface area (Å²) in [5.74, 6) is 0.894. The van der Waals surface area contributed by atoms with Gasteiger partial charge in [-0.2, -0.15) is 0 Å². The van der Waals surface area contributed by atoms with E-state index in [0.717, 1.165) is 11.3 Å². The monoisotopic (exact) mass is 340 g/mol. The fraction of sp³-hybridized carbons (Fsp3) is 0.438. The van der Waals surface area contributed by atoms with Crippen molar-refractivity contribution in [1.29, 1.82) is 0 Å². The average Bonchev–Trinajstić information content (AvgIpc) is 2.37. The fourth-order valence-electron chi connectivity index (χ4n) is 1.73. The zero-order valence-corrected chi connectivity index (χ0v) is 14.0. The van der Waals surface area contributed by atoms with Gasteiger partial charge in [0.05, 0.1) is 18.0 Å². The van der Waals surface area contributed by atoms with Gasteiger partial charge < -0.3 is 9.47 Å². The molecule has 0 amide bonds. The van der Waals surface area contributed by atoms with Gasteiger partial charge in [-0.25, -0.2) is 4.79 Å². The first kappa shape index (κ1) is 16.8. The largest absolute Gasteiger partial charge is 0.463 e. The van der Waals surface area contributed by atoms with Gasteiger partial charge in [0.1, 0.15) is 11.5 Å². The number of ether oxygens (including phenoxy) is 2. The van der Waals surface area contributed by atoms with E-state index in [4.69, 9.17) is 9.47 Å². The first-order chi connectivity index (χ1) is 9.38. The Morgan fingerprint density at radius 3 is 2.50 bits per heavy atom. The van der Waals surface area contributed by atoms with Gasteiger partial charge in [0.15, 0.2) is 0 Å². The van der Waals surface area contributed by atoms with Crippen molar-refractivity contribution in [2.75, 3.05) is 11.9 Å². The lowest BCUT2D eigenvalue weighted by Crippen LogP contribution is -2.14. The van der Waals surface area contributed by atoms with Crippen molar-refractivity contribution in [3.05, 3.63) is 41.7 Å². The van der Waals surface area contributed by atoms with Crippen LogP contribution in [0.15, 0.2) is 36.1 Å². The standard InChI is InChI=1S/C16H21BrO3/c1-5-19-15(18)10-12(11-17)20-14-9-7-6-8-13(14)16(2,3)4/h6-10H,5,11H2,1-4H3/b12-10+. The van der Waals surface area contributed by atoms with Crippen molar-refractivity contribution in [3.63, 3.8) is 0 Å². The number of halogens is 1. The number of alkyl halides is 1. The molecule has 0 atom stereocenters. The Balaban J connectivity index is 2.99. The molecule has 0 N–H and O–H groups in total. The lowest BCUT2D eigenvalue weighted by Gasteiger charge is -2.22. The molecule has 0 bridgehead atoms. The van der Waals surface area contributed by atoms with Gasteiger partial charge in [-0.1, -0.05) is 54.9 Å². The van der Waals surface area contributed by atoms with E-state index in [9.17, 15) is 4.79 Å². The van der Waals surface area contributed by atoms with Crippen molar-refractivity contribution in [2.24, 2.45) is 0 Å². The maximum atomic E-state index is 11.5. The third kappa shape index (κ3) is 5.00. The molecule has 3 nitrogen and oxygen atoms in total. The van der Waals surface area contributed by atoms with Gasteiger partial charge in [-0.15, -0.1) is 0 Å². The van der Waals surface area contributed by atoms with Gasteiger partial charge in [0.2, 0.25) is 0 Å². The topological polar surface area (TPSA) is 35.5 Å². The highest BCUT2D eigenvalue weighted by molar-refractivity contribution is 9.09. The normalized spacial score (nSPS) is 12.2. The molecule has 0 radical (unpaired) electrons. The van der Waals surface area contributed by atoms with E-state index >= 15 is 0 Å². The van der Waals surface area contributed by atoms with Crippen LogP contribution < -0.4 is 4.74 Å². The minimum absolute atomic E-state index is 0.0298. The SMILES string of the molecule is CCOC(=O)/C=C(\CBr)Oc1ccccc1C(C)(C)C. The molecule has 4 heteroatoms. The summed E-state index contributed by atoms with van der Waals surface area (Å²) in [5.41, 5.74) is 1.06. The fourth-order valence-corrected chi connectivity index (χ4v) is 2.00. The average molecular weight is 341 g/mol. The molecule has 0 aliphatic carbocycles. The summed E-state index contributed by atoms with van der Waals surface area (Å²) in [6, 6.07) is 7.84. The Morgan fingerprint density at radius 2 is 1.95 bits per heavy atom. The molecule has 0 spiro atoms. The second-order valence-electron chi connectivity index (χ2n) is 5.34. The molecule has 0 saturated heterocycles. The number of rotatable bonds is 5. The number of esters is 1. The lowest BCUT2D eigenvalue weighted by atomic mass is 9.86. The summed E-state index contributed by atoms with van der Waals surface area (Å²) in [5, 5.41) is 0.449. The van der Waals surface area contributed by atoms with Crippen molar-refractivity contribution in [3.8, 4) is 5.75 Å². The number of benzene rings is 1. The van der Waals surface area contributed by atoms with Crippen molar-refractivity contribution < 1.29 is 14.3 Å². The summed E-state index contributed by atoms with van der Waals surface area (Å²) in [6.45, 7) is 8.49. The maximum absolute atomic E-state index is 11.5. The highest BCUT2D eigenvalue weighted by Crippen LogP contribution is 2.32. The first-order valence-electron chi connectivity index (χ1n) is 6.59. The molecule has 0 aromatic heterocycles. The first-order valence-corrected chi connectivity index (χ1v) is 7.71. The number of carbonyl (C=O) groups is 1. The van der Waals surface area contributed by atoms with E-state index < -0.39 is 5.97 Å². The number of allylic oxidation sites excluding steroid dienone is 1. The van der Waals surface area contributed by atoms with Gasteiger partial charge >= 0.3 is 5.97 Å². The molecular weight excluding hydrogens is 320 g/mol. The van der Waals surface area contributed by atoms with E-state index in [0.29, 0.717) is 17.7 Å². The number of carbonyl (C=O) groups excluding carboxylic acids is 1. The molecule has 110 valence electrons. The van der Waals surface area contributed by atoms with Crippen LogP contribution in [0.5, 0.6) is 5.75 Å². The highest BCUT2D eigenvalue weighted by Gasteiger charge is 2.19. The Bertz CT molecular complexity index is 487. The summed E-state index contributed by atoms with van der Waals surface area (Å²) in [6.07, 6.45) is 1.37. The summed E-state index contributed by atoms with van der Waals surface area (Å²) in [4.78, 5) is 11.5. The minimum atomic E-state index is -0.393. The predicted octanol–water partition coefficient (Wildman–Crippen LogP) is 4.20. The second-order valence-corrected chi connectivity index (χ2v) is 5.91. The van der Waals surface area contributed by atoms with Gasteiger partial charge in [0, 0.05) is 5.56 Å². The van der Waals surface area contributed by atoms with Crippen LogP contribution in [0.2, 0.25) is 0 Å². The van der Waals surface area contributed by atoms with E-state index in [-0.39, 0.29) is 5.41 Å². The van der Waals surface area contributed by atoms with E-state index in [1.165, 1.54) is 6.08 Å². The highest BCUT2D eigenvalue weighted by atomic mass is 79.9. The van der Waals surface area contributed by atoms with Crippen LogP contribution in [0, 0.1) is 0 Å². The van der Waals surface area contributed by atoms with Crippen LogP contribution in [0.4, 0.5) is 0 Å². The quantitative estimate of drug-likeness (QED) is 0.348. The van der Waals surface area contributed by atoms with Crippen molar-refractivity contribution in [2.45, 2.75) is 33.1 Å². The lowest BCUT2D eigenvalue weighted by molar-refractivity contribution is -0.137. The molecule has 0 aliphatic heterocycles. The molecule has 0 unspecified atom stereocenters. The molecule has 1 aromatic carbocycles. The maximum Gasteiger partial charge on any atom is 0.334 e. The van der Waals surface area contributed by atoms with Crippen molar-refractivity contribution >= 4 is 21.9 Å². The molecule has 0 saturated carbocycles. The smallest absolute Gasteiger partial charge is 0.334 e. The predicted molar refractivity (Wildman–Crippen MR) is 84.3 cm³/mol. The third-order valence-electron chi connectivity index (χ3n) is 2.63. The van der Waals surface area contributed by atoms with E-state index in [2.05, 4.69) is 36.7 Å². The van der Waals surface area contributed by atoms with Crippen molar-refractivity contribution in [1.82, 2.24) is 0 Å². The van der Waals surface area contributed by atoms with E-state index in [1.54, 1.807) is 6.92 Å². The van der Waals surface area contributed by atoms with Gasteiger partial charge in [-0.05, 0) is 18.4 Å². The number of para-hydroxylation sites is 1. The van der Waals surface area contributed by atoms with Crippen LogP contribution in [-0.4, -0.2) is 17.9 Å². The zero-order chi connectivity index (χ0) is 15.2. The third-order valence-corrected chi connectivity index (χ3v) is 3.19. The van der Waals surface area contributed by atoms with Gasteiger partial charge in [0.25, 0.3) is 0 Å². The summed E-state index contributed by atoms with van der Waals surface area (Å²) < 4.78 is 10.7. The molecule has 0 aliphatic rings. The molecule has 20 heavy (non-hydrogen) atoms. The molecule has 1 aromatic rings. The molecule has 0 heterocycles. The Morgan fingerprint density at radius 1 is 1.30 bits per heavy atom. The number of hydrogen-bond donors (Lipinski definition) is 0. The Labute approximate surface area is 129 Å². The van der Waals surface area contributed by atoms with Crippen LogP contribution in [0.1, 0.15) is 33.3 Å². The Kier molecular flexibility index (Phi) is 6.27. The summed E-state index contributed by atoms with van der Waals surface area (Å²) in [7, 11) is 0. The van der Waals surface area contributed by atoms with Crippen LogP contribution in [-0.2, 0) is 14.9 Å². The molecule has 0 fully saturated rings. The molecule has 1 rings (SSSR count). The number of hydrogen-bond acceptors (Lipinski definition) is 3. The minimum Gasteiger partial charge on any atom is -0.463 e. The van der Waals surface area contributed by atoms with E-state index in [1.807, 2.05) is 24.3 Å². The summed E-state index contributed by atoms with van der Waals surface area (Å²) >= 11 is 3.33. The Hall–Kier alpha value is -1.29. The zero-order valence-electron chi connectivity index (χ0n) is 12.4. The second kappa shape index (κ2) is 7.48.